The van der Waals surface area contributed by atoms with Gasteiger partial charge in [0.2, 0.25) is 0 Å². The summed E-state index contributed by atoms with van der Waals surface area (Å²) in [6.45, 7) is 2.49. The van der Waals surface area contributed by atoms with Crippen molar-refractivity contribution >= 4 is 5.69 Å². The standard InChI is InChI=1S/C26H33NO/c1-19-21-12-13-22(18-21)25(19)10-6-7-11-26(20-8-4-3-5-9-20)27-23-14-16-24(28-2)17-15-23/h3-9,14-17,19,21-22,25-27H,10-13,18H2,1-2H3/b7-6+/t19-,21?,22?,25-,26?/m0/s1. The molecule has 5 atom stereocenters. The molecule has 0 amide bonds. The van der Waals surface area contributed by atoms with Crippen molar-refractivity contribution in [3.63, 3.8) is 0 Å². The number of nitrogens with one attached hydrogen (secondary N) is 1. The highest BCUT2D eigenvalue weighted by molar-refractivity contribution is 5.48. The number of allylic oxidation sites excluding steroid dienone is 1. The summed E-state index contributed by atoms with van der Waals surface area (Å²) in [4.78, 5) is 0. The predicted molar refractivity (Wildman–Crippen MR) is 118 cm³/mol. The first-order valence-corrected chi connectivity index (χ1v) is 10.8. The van der Waals surface area contributed by atoms with E-state index in [4.69, 9.17) is 4.74 Å². The maximum Gasteiger partial charge on any atom is 0.119 e. The van der Waals surface area contributed by atoms with Crippen LogP contribution in [-0.4, -0.2) is 7.11 Å². The number of rotatable bonds is 8. The molecule has 0 saturated heterocycles. The van der Waals surface area contributed by atoms with Gasteiger partial charge in [0.15, 0.2) is 0 Å². The minimum atomic E-state index is 0.281. The van der Waals surface area contributed by atoms with Gasteiger partial charge in [-0.3, -0.25) is 0 Å². The molecule has 2 heteroatoms. The molecular weight excluding hydrogens is 342 g/mol. The second kappa shape index (κ2) is 8.86. The average molecular weight is 376 g/mol. The van der Waals surface area contributed by atoms with Crippen LogP contribution in [0.2, 0.25) is 0 Å². The summed E-state index contributed by atoms with van der Waals surface area (Å²) in [5.41, 5.74) is 2.46. The third kappa shape index (κ3) is 4.27. The van der Waals surface area contributed by atoms with Crippen molar-refractivity contribution in [2.45, 2.75) is 45.1 Å². The molecule has 2 nitrogen and oxygen atoms in total. The van der Waals surface area contributed by atoms with E-state index in [1.54, 1.807) is 7.11 Å². The summed E-state index contributed by atoms with van der Waals surface area (Å²) < 4.78 is 5.28. The maximum absolute atomic E-state index is 5.28. The lowest BCUT2D eigenvalue weighted by Crippen LogP contribution is -2.19. The van der Waals surface area contributed by atoms with E-state index in [1.807, 2.05) is 12.1 Å². The molecule has 0 aromatic heterocycles. The Labute approximate surface area is 170 Å². The Morgan fingerprint density at radius 1 is 1.00 bits per heavy atom. The van der Waals surface area contributed by atoms with Gasteiger partial charge < -0.3 is 10.1 Å². The quantitative estimate of drug-likeness (QED) is 0.508. The monoisotopic (exact) mass is 375 g/mol. The molecule has 2 aromatic rings. The van der Waals surface area contributed by atoms with E-state index >= 15 is 0 Å². The van der Waals surface area contributed by atoms with Crippen molar-refractivity contribution in [1.82, 2.24) is 0 Å². The van der Waals surface area contributed by atoms with Gasteiger partial charge in [-0.25, -0.2) is 0 Å². The molecule has 2 aromatic carbocycles. The molecule has 28 heavy (non-hydrogen) atoms. The molecule has 2 aliphatic carbocycles. The van der Waals surface area contributed by atoms with Gasteiger partial charge in [-0.2, -0.15) is 0 Å². The number of anilines is 1. The van der Waals surface area contributed by atoms with Crippen molar-refractivity contribution in [2.75, 3.05) is 12.4 Å². The fourth-order valence-electron chi connectivity index (χ4n) is 5.44. The van der Waals surface area contributed by atoms with E-state index in [9.17, 15) is 0 Å². The van der Waals surface area contributed by atoms with E-state index in [0.29, 0.717) is 0 Å². The van der Waals surface area contributed by atoms with Gasteiger partial charge in [-0.05, 0) is 85.6 Å². The first-order chi connectivity index (χ1) is 13.7. The van der Waals surface area contributed by atoms with Crippen molar-refractivity contribution in [3.05, 3.63) is 72.3 Å². The Hall–Kier alpha value is -2.22. The molecule has 1 N–H and O–H groups in total. The van der Waals surface area contributed by atoms with Crippen LogP contribution in [0.3, 0.4) is 0 Å². The van der Waals surface area contributed by atoms with Gasteiger partial charge in [-0.1, -0.05) is 49.4 Å². The van der Waals surface area contributed by atoms with Crippen molar-refractivity contribution in [1.29, 1.82) is 0 Å². The third-order valence-electron chi connectivity index (χ3n) is 7.12. The Bertz CT molecular complexity index is 765. The van der Waals surface area contributed by atoms with E-state index in [-0.39, 0.29) is 6.04 Å². The number of fused-ring (bicyclic) bond motifs is 2. The predicted octanol–water partition coefficient (Wildman–Crippen LogP) is 6.87. The van der Waals surface area contributed by atoms with Crippen LogP contribution in [0.5, 0.6) is 5.75 Å². The van der Waals surface area contributed by atoms with Crippen LogP contribution in [-0.2, 0) is 0 Å². The summed E-state index contributed by atoms with van der Waals surface area (Å²) in [6.07, 6.45) is 11.6. The number of methoxy groups -OCH3 is 1. The zero-order valence-electron chi connectivity index (χ0n) is 17.2. The molecule has 148 valence electrons. The van der Waals surface area contributed by atoms with Crippen molar-refractivity contribution < 1.29 is 4.74 Å². The Morgan fingerprint density at radius 3 is 2.43 bits per heavy atom. The largest absolute Gasteiger partial charge is 0.497 e. The van der Waals surface area contributed by atoms with Gasteiger partial charge >= 0.3 is 0 Å². The maximum atomic E-state index is 5.28. The topological polar surface area (TPSA) is 21.3 Å². The SMILES string of the molecule is COc1ccc(NC(C/C=C/C[C@@H]2C3CCC(C3)[C@@H]2C)c2ccccc2)cc1. The highest BCUT2D eigenvalue weighted by atomic mass is 16.5. The second-order valence-electron chi connectivity index (χ2n) is 8.64. The van der Waals surface area contributed by atoms with Crippen molar-refractivity contribution in [2.24, 2.45) is 23.7 Å². The number of ether oxygens (including phenoxy) is 1. The molecule has 0 radical (unpaired) electrons. The molecule has 0 spiro atoms. The molecule has 4 rings (SSSR count). The zero-order valence-corrected chi connectivity index (χ0v) is 17.2. The van der Waals surface area contributed by atoms with Gasteiger partial charge in [0.05, 0.1) is 13.2 Å². The first-order valence-electron chi connectivity index (χ1n) is 10.8. The summed E-state index contributed by atoms with van der Waals surface area (Å²) in [6, 6.07) is 19.2. The molecule has 0 heterocycles. The van der Waals surface area contributed by atoms with E-state index < -0.39 is 0 Å². The number of hydrogen-bond acceptors (Lipinski definition) is 2. The lowest BCUT2D eigenvalue weighted by atomic mass is 9.78. The van der Waals surface area contributed by atoms with Crippen LogP contribution in [0.25, 0.3) is 0 Å². The molecule has 2 saturated carbocycles. The second-order valence-corrected chi connectivity index (χ2v) is 8.64. The highest BCUT2D eigenvalue weighted by Gasteiger charge is 2.44. The van der Waals surface area contributed by atoms with Crippen LogP contribution < -0.4 is 10.1 Å². The minimum absolute atomic E-state index is 0.281. The Morgan fingerprint density at radius 2 is 1.75 bits per heavy atom. The normalized spacial score (nSPS) is 27.2. The van der Waals surface area contributed by atoms with Crippen LogP contribution in [0, 0.1) is 23.7 Å². The van der Waals surface area contributed by atoms with E-state index in [2.05, 4.69) is 66.9 Å². The molecular formula is C26H33NO. The van der Waals surface area contributed by atoms with Gasteiger partial charge in [0, 0.05) is 5.69 Å². The van der Waals surface area contributed by atoms with Crippen LogP contribution in [0.1, 0.15) is 50.6 Å². The molecule has 0 aliphatic heterocycles. The first kappa shape index (κ1) is 19.1. The van der Waals surface area contributed by atoms with Gasteiger partial charge in [-0.15, -0.1) is 0 Å². The van der Waals surface area contributed by atoms with Crippen LogP contribution in [0.4, 0.5) is 5.69 Å². The van der Waals surface area contributed by atoms with E-state index in [0.717, 1.165) is 41.5 Å². The smallest absolute Gasteiger partial charge is 0.119 e. The lowest BCUT2D eigenvalue weighted by molar-refractivity contribution is 0.241. The molecule has 2 fully saturated rings. The Kier molecular flexibility index (Phi) is 6.04. The Balaban J connectivity index is 1.39. The molecule has 3 unspecified atom stereocenters. The minimum Gasteiger partial charge on any atom is -0.497 e. The summed E-state index contributed by atoms with van der Waals surface area (Å²) >= 11 is 0. The van der Waals surface area contributed by atoms with Gasteiger partial charge in [0.1, 0.15) is 5.75 Å². The summed E-state index contributed by atoms with van der Waals surface area (Å²) in [5, 5.41) is 3.70. The van der Waals surface area contributed by atoms with E-state index in [1.165, 1.54) is 31.2 Å². The van der Waals surface area contributed by atoms with Crippen LogP contribution in [0.15, 0.2) is 66.7 Å². The third-order valence-corrected chi connectivity index (χ3v) is 7.12. The number of benzene rings is 2. The zero-order chi connectivity index (χ0) is 19.3. The fraction of sp³-hybridized carbons (Fsp3) is 0.462. The lowest BCUT2D eigenvalue weighted by Gasteiger charge is -2.27. The van der Waals surface area contributed by atoms with Gasteiger partial charge in [0.25, 0.3) is 0 Å². The molecule has 2 bridgehead atoms. The average Bonchev–Trinajstić information content (AvgIpc) is 3.33. The molecule has 2 aliphatic rings. The fourth-order valence-corrected chi connectivity index (χ4v) is 5.44. The summed E-state index contributed by atoms with van der Waals surface area (Å²) in [5.74, 6) is 4.73. The summed E-state index contributed by atoms with van der Waals surface area (Å²) in [7, 11) is 1.71. The van der Waals surface area contributed by atoms with Crippen LogP contribution >= 0.6 is 0 Å². The van der Waals surface area contributed by atoms with Crippen molar-refractivity contribution in [3.8, 4) is 5.75 Å². The number of hydrogen-bond donors (Lipinski definition) is 1. The highest BCUT2D eigenvalue weighted by Crippen LogP contribution is 2.53.